The predicted molar refractivity (Wildman–Crippen MR) is 135 cm³/mol. The smallest absolute Gasteiger partial charge is 0.325 e. The molecular formula is C24H18ClN6O2S+. The van der Waals surface area contributed by atoms with E-state index in [-0.39, 0.29) is 10.7 Å². The zero-order valence-electron chi connectivity index (χ0n) is 18.0. The minimum absolute atomic E-state index is 0.0551. The van der Waals surface area contributed by atoms with Gasteiger partial charge in [-0.05, 0) is 73.2 Å². The highest BCUT2D eigenvalue weighted by molar-refractivity contribution is 7.80. The Morgan fingerprint density at radius 3 is 2.50 bits per heavy atom. The van der Waals surface area contributed by atoms with Crippen LogP contribution in [0.2, 0.25) is 5.02 Å². The Bertz CT molecular complexity index is 1510. The maximum Gasteiger partial charge on any atom is 0.360 e. The number of carbonyl (C=O) groups is 1. The summed E-state index contributed by atoms with van der Waals surface area (Å²) < 4.78 is 1.67. The molecule has 0 bridgehead atoms. The molecule has 34 heavy (non-hydrogen) atoms. The fourth-order valence-electron chi connectivity index (χ4n) is 3.26. The minimum Gasteiger partial charge on any atom is -0.325 e. The van der Waals surface area contributed by atoms with Gasteiger partial charge in [0.1, 0.15) is 5.69 Å². The molecule has 1 aromatic heterocycles. The van der Waals surface area contributed by atoms with E-state index < -0.39 is 5.91 Å². The van der Waals surface area contributed by atoms with Crippen LogP contribution in [-0.2, 0) is 6.54 Å². The average Bonchev–Trinajstić information content (AvgIpc) is 2.84. The van der Waals surface area contributed by atoms with E-state index in [0.29, 0.717) is 28.5 Å². The highest BCUT2D eigenvalue weighted by Gasteiger charge is 2.12. The van der Waals surface area contributed by atoms with Crippen molar-refractivity contribution < 1.29 is 4.79 Å². The van der Waals surface area contributed by atoms with E-state index >= 15 is 0 Å². The van der Waals surface area contributed by atoms with Gasteiger partial charge in [0.2, 0.25) is 10.0 Å². The number of fused-ring (bicyclic) bond motifs is 1. The molecule has 0 aliphatic rings. The SMILES string of the molecule is Cc1nc2ccccc2n(Cc2ccc(C(=O)N=[N+]=NC(=S)Nc3ccc(Cl)cc3)cc2)c1=O. The predicted octanol–water partition coefficient (Wildman–Crippen LogP) is 4.92. The summed E-state index contributed by atoms with van der Waals surface area (Å²) in [6.07, 6.45) is 0. The molecule has 0 aliphatic heterocycles. The largest absolute Gasteiger partial charge is 0.360 e. The molecule has 0 fully saturated rings. The standard InChI is InChI=1S/C24H17ClN6O2S/c1-15-23(33)31(21-5-3-2-4-20(21)26-15)14-16-6-8-17(9-7-16)22(32)28-30-29-24(34)27-19-12-10-18(25)11-13-19/h2-13H,14H2,1H3/p+1. The number of rotatable bonds is 4. The van der Waals surface area contributed by atoms with Gasteiger partial charge in [-0.1, -0.05) is 35.9 Å². The molecule has 0 atom stereocenters. The van der Waals surface area contributed by atoms with Crippen LogP contribution < -0.4 is 15.8 Å². The monoisotopic (exact) mass is 489 g/mol. The third-order valence-corrected chi connectivity index (χ3v) is 5.36. The number of nitrogens with zero attached hydrogens (tertiary/aromatic N) is 5. The van der Waals surface area contributed by atoms with Crippen molar-refractivity contribution in [2.24, 2.45) is 10.2 Å². The van der Waals surface area contributed by atoms with Gasteiger partial charge >= 0.3 is 5.91 Å². The number of carbonyl (C=O) groups excluding carboxylic acids is 1. The van der Waals surface area contributed by atoms with Crippen molar-refractivity contribution in [2.75, 3.05) is 5.32 Å². The van der Waals surface area contributed by atoms with Gasteiger partial charge in [0.25, 0.3) is 10.7 Å². The van der Waals surface area contributed by atoms with Crippen molar-refractivity contribution in [1.29, 1.82) is 0 Å². The summed E-state index contributed by atoms with van der Waals surface area (Å²) in [5.41, 5.74) is 3.64. The maximum atomic E-state index is 12.7. The summed E-state index contributed by atoms with van der Waals surface area (Å²) in [5, 5.41) is 10.8. The number of amides is 1. The van der Waals surface area contributed by atoms with E-state index in [1.54, 1.807) is 60.0 Å². The number of para-hydroxylation sites is 2. The summed E-state index contributed by atoms with van der Waals surface area (Å²) in [5.74, 6) is -0.563. The first-order chi connectivity index (χ1) is 16.4. The van der Waals surface area contributed by atoms with Crippen molar-refractivity contribution in [1.82, 2.24) is 14.5 Å². The number of aromatic nitrogens is 2. The molecule has 0 radical (unpaired) electrons. The van der Waals surface area contributed by atoms with Crippen LogP contribution in [0.15, 0.2) is 87.8 Å². The van der Waals surface area contributed by atoms with Crippen molar-refractivity contribution >= 4 is 51.6 Å². The Kier molecular flexibility index (Phi) is 6.98. The lowest BCUT2D eigenvalue weighted by Crippen LogP contribution is -2.24. The Balaban J connectivity index is 1.45. The molecule has 4 rings (SSSR count). The highest BCUT2D eigenvalue weighted by Crippen LogP contribution is 2.14. The molecule has 168 valence electrons. The van der Waals surface area contributed by atoms with Gasteiger partial charge < -0.3 is 9.88 Å². The van der Waals surface area contributed by atoms with Crippen molar-refractivity contribution in [2.45, 2.75) is 13.5 Å². The lowest BCUT2D eigenvalue weighted by molar-refractivity contribution is 0.0992. The van der Waals surface area contributed by atoms with E-state index in [1.807, 2.05) is 24.3 Å². The molecule has 4 aromatic rings. The fourth-order valence-corrected chi connectivity index (χ4v) is 3.54. The van der Waals surface area contributed by atoms with Crippen LogP contribution in [0.5, 0.6) is 0 Å². The second-order valence-electron chi connectivity index (χ2n) is 7.31. The maximum absolute atomic E-state index is 12.7. The topological polar surface area (TPSA) is 103 Å². The second-order valence-corrected chi connectivity index (χ2v) is 8.13. The molecule has 8 nitrogen and oxygen atoms in total. The number of nitrogens with one attached hydrogen (secondary N) is 1. The molecular weight excluding hydrogens is 472 g/mol. The Morgan fingerprint density at radius 2 is 1.76 bits per heavy atom. The fraction of sp³-hybridized carbons (Fsp3) is 0.0833. The lowest BCUT2D eigenvalue weighted by atomic mass is 10.1. The number of aryl methyl sites for hydroxylation is 1. The van der Waals surface area contributed by atoms with Crippen LogP contribution in [0, 0.1) is 6.92 Å². The van der Waals surface area contributed by atoms with E-state index in [9.17, 15) is 9.59 Å². The van der Waals surface area contributed by atoms with Crippen molar-refractivity contribution in [3.8, 4) is 0 Å². The van der Waals surface area contributed by atoms with E-state index in [1.165, 1.54) is 0 Å². The molecule has 0 unspecified atom stereocenters. The van der Waals surface area contributed by atoms with Crippen LogP contribution in [0.3, 0.4) is 0 Å². The third kappa shape index (κ3) is 5.47. The summed E-state index contributed by atoms with van der Waals surface area (Å²) in [6, 6.07) is 21.1. The van der Waals surface area contributed by atoms with Crippen LogP contribution >= 0.6 is 23.8 Å². The van der Waals surface area contributed by atoms with E-state index in [2.05, 4.69) is 25.4 Å². The summed E-state index contributed by atoms with van der Waals surface area (Å²) in [7, 11) is 0. The Hall–Kier alpha value is -4.04. The quantitative estimate of drug-likeness (QED) is 0.249. The minimum atomic E-state index is -0.563. The van der Waals surface area contributed by atoms with Crippen LogP contribution in [-0.4, -0.2) is 20.6 Å². The summed E-state index contributed by atoms with van der Waals surface area (Å²) in [6.45, 7) is 2.04. The molecule has 0 aliphatic carbocycles. The van der Waals surface area contributed by atoms with Crippen LogP contribution in [0.25, 0.3) is 11.0 Å². The molecule has 0 spiro atoms. The van der Waals surface area contributed by atoms with E-state index in [4.69, 9.17) is 23.8 Å². The molecule has 1 N–H and O–H groups in total. The molecule has 10 heteroatoms. The van der Waals surface area contributed by atoms with E-state index in [0.717, 1.165) is 16.6 Å². The number of thiocarbonyl (C=S) groups is 1. The van der Waals surface area contributed by atoms with Crippen molar-refractivity contribution in [3.63, 3.8) is 0 Å². The first kappa shape index (κ1) is 23.1. The molecule has 0 saturated heterocycles. The van der Waals surface area contributed by atoms with Gasteiger partial charge in [-0.2, -0.15) is 0 Å². The third-order valence-electron chi connectivity index (χ3n) is 4.92. The summed E-state index contributed by atoms with van der Waals surface area (Å²) >= 11 is 10.9. The van der Waals surface area contributed by atoms with Gasteiger partial charge in [0.05, 0.1) is 17.6 Å². The van der Waals surface area contributed by atoms with Gasteiger partial charge in [-0.3, -0.25) is 9.59 Å². The average molecular weight is 490 g/mol. The molecule has 1 heterocycles. The van der Waals surface area contributed by atoms with Gasteiger partial charge in [0.15, 0.2) is 5.11 Å². The number of hydrogen-bond acceptors (Lipinski definition) is 4. The number of halogens is 1. The van der Waals surface area contributed by atoms with Crippen LogP contribution in [0.4, 0.5) is 5.69 Å². The normalized spacial score (nSPS) is 10.4. The molecule has 3 aromatic carbocycles. The zero-order valence-corrected chi connectivity index (χ0v) is 19.5. The highest BCUT2D eigenvalue weighted by atomic mass is 35.5. The number of anilines is 1. The number of benzene rings is 3. The van der Waals surface area contributed by atoms with Crippen LogP contribution in [0.1, 0.15) is 21.6 Å². The van der Waals surface area contributed by atoms with Gasteiger partial charge in [-0.25, -0.2) is 4.98 Å². The van der Waals surface area contributed by atoms with Gasteiger partial charge in [0, 0.05) is 16.3 Å². The Morgan fingerprint density at radius 1 is 1.06 bits per heavy atom. The molecule has 0 saturated carbocycles. The first-order valence-electron chi connectivity index (χ1n) is 10.2. The van der Waals surface area contributed by atoms with Crippen molar-refractivity contribution in [3.05, 3.63) is 105 Å². The van der Waals surface area contributed by atoms with Gasteiger partial charge in [-0.15, -0.1) is 0 Å². The Labute approximate surface area is 204 Å². The second kappa shape index (κ2) is 10.3. The molecule has 1 amide bonds. The first-order valence-corrected chi connectivity index (χ1v) is 11.0. The zero-order chi connectivity index (χ0) is 24.1. The lowest BCUT2D eigenvalue weighted by Gasteiger charge is -2.11. The number of hydrogen-bond donors (Lipinski definition) is 1. The summed E-state index contributed by atoms with van der Waals surface area (Å²) in [4.78, 5) is 32.8.